The van der Waals surface area contributed by atoms with Crippen LogP contribution in [0.4, 0.5) is 9.59 Å². The number of carbonyl (C=O) groups excluding carboxylic acids is 5. The normalized spacial score (nSPS) is 25.8. The molecule has 3 N–H and O–H groups in total. The van der Waals surface area contributed by atoms with Crippen molar-refractivity contribution in [3.8, 4) is 11.8 Å². The molecule has 6 rings (SSSR count). The Morgan fingerprint density at radius 1 is 1.05 bits per heavy atom. The molecule has 15 nitrogen and oxygen atoms in total. The number of nitrogens with one attached hydrogen (secondary N) is 3. The average molecular weight is 845 g/mol. The second-order valence-electron chi connectivity index (χ2n) is 18.0. The largest absolute Gasteiger partial charge is 0.449 e. The monoisotopic (exact) mass is 844 g/mol. The van der Waals surface area contributed by atoms with Gasteiger partial charge in [-0.25, -0.2) is 14.3 Å². The lowest BCUT2D eigenvalue weighted by atomic mass is 9.76. The maximum Gasteiger partial charge on any atom is 0.410 e. The molecule has 0 radical (unpaired) electrons. The Bertz CT molecular complexity index is 2190. The van der Waals surface area contributed by atoms with Crippen molar-refractivity contribution in [3.05, 3.63) is 83.4 Å². The highest BCUT2D eigenvalue weighted by Crippen LogP contribution is 2.33. The summed E-state index contributed by atoms with van der Waals surface area (Å²) >= 11 is 0. The third-order valence-corrected chi connectivity index (χ3v) is 13.1. The zero-order valence-corrected chi connectivity index (χ0v) is 36.0. The van der Waals surface area contributed by atoms with E-state index in [0.29, 0.717) is 18.7 Å². The quantitative estimate of drug-likeness (QED) is 0.260. The highest BCUT2D eigenvalue weighted by molar-refractivity contribution is 7.87. The molecular weight excluding hydrogens is 789 g/mol. The Morgan fingerprint density at radius 2 is 1.77 bits per heavy atom. The maximum atomic E-state index is 14.7. The van der Waals surface area contributed by atoms with E-state index < -0.39 is 75.2 Å². The van der Waals surface area contributed by atoms with Crippen molar-refractivity contribution in [1.82, 2.24) is 29.5 Å². The van der Waals surface area contributed by atoms with Crippen molar-refractivity contribution in [2.24, 2.45) is 16.7 Å². The van der Waals surface area contributed by atoms with Gasteiger partial charge in [-0.3, -0.25) is 19.3 Å². The van der Waals surface area contributed by atoms with Crippen LogP contribution < -0.4 is 15.4 Å². The minimum atomic E-state index is -4.43. The molecule has 322 valence electrons. The molecule has 16 heteroatoms. The summed E-state index contributed by atoms with van der Waals surface area (Å²) in [5.41, 5.74) is 0.633. The van der Waals surface area contributed by atoms with E-state index in [-0.39, 0.29) is 31.5 Å². The van der Waals surface area contributed by atoms with Gasteiger partial charge in [0.25, 0.3) is 5.91 Å². The SMILES string of the molecule is C=C[C@@H]1C#C[C@]1(NC(=O)[C@@H]1C[C@@H]2CN1C(=O)[C@H](C(C)(C)C)NC(=O)OCC(C)(C)CCCCc1cccc3c1CN(C3)C(=O)O2)C(=O)NS(=O)(=O)N(C)Cc1ccccc1. The van der Waals surface area contributed by atoms with Gasteiger partial charge < -0.3 is 25.0 Å². The standard InChI is InChI=1S/C44H56N6O9S/c1-8-32-20-22-44(32,39(53)47-60(56,57)48(7)24-29-15-10-9-11-16-29)46-37(51)35-23-33-26-50(35)38(52)36(42(2,3)4)45-40(54)58-28-43(5,6)21-13-12-17-30-18-14-19-31-25-49(27-34(30)31)41(55)59-33/h8-11,14-16,18-19,32-33,35-36H,1,12-13,17,21,23-28H2,2-7H3,(H,45,54)(H,46,51)(H,47,53)/t32-,33-,35+,36-,44-/m1/s1. The van der Waals surface area contributed by atoms with Crippen molar-refractivity contribution in [2.75, 3.05) is 20.2 Å². The average Bonchev–Trinajstić information content (AvgIpc) is 3.81. The molecule has 3 heterocycles. The van der Waals surface area contributed by atoms with Crippen LogP contribution in [0.2, 0.25) is 0 Å². The number of cyclic esters (lactones) is 1. The highest BCUT2D eigenvalue weighted by atomic mass is 32.2. The molecule has 2 aromatic rings. The van der Waals surface area contributed by atoms with Crippen LogP contribution in [0, 0.1) is 28.6 Å². The van der Waals surface area contributed by atoms with Crippen LogP contribution in [0.1, 0.15) is 82.6 Å². The number of alkyl carbamates (subject to hydrolysis) is 1. The van der Waals surface area contributed by atoms with Crippen molar-refractivity contribution < 1.29 is 41.9 Å². The van der Waals surface area contributed by atoms with Gasteiger partial charge in [0.1, 0.15) is 18.2 Å². The lowest BCUT2D eigenvalue weighted by molar-refractivity contribution is -0.143. The van der Waals surface area contributed by atoms with Crippen LogP contribution in [-0.2, 0) is 60.1 Å². The Hall–Kier alpha value is -5.40. The van der Waals surface area contributed by atoms with E-state index in [0.717, 1.165) is 46.7 Å². The summed E-state index contributed by atoms with van der Waals surface area (Å²) in [6.45, 7) is 13.6. The number of aryl methyl sites for hydroxylation is 1. The fourth-order valence-corrected chi connectivity index (χ4v) is 8.92. The van der Waals surface area contributed by atoms with Gasteiger partial charge in [-0.2, -0.15) is 12.7 Å². The molecule has 4 aliphatic rings. The van der Waals surface area contributed by atoms with Gasteiger partial charge in [0.15, 0.2) is 5.54 Å². The summed E-state index contributed by atoms with van der Waals surface area (Å²) in [5.74, 6) is 1.82. The van der Waals surface area contributed by atoms with E-state index in [1.807, 2.05) is 26.0 Å². The predicted molar refractivity (Wildman–Crippen MR) is 222 cm³/mol. The van der Waals surface area contributed by atoms with Gasteiger partial charge in [-0.05, 0) is 52.3 Å². The van der Waals surface area contributed by atoms with Gasteiger partial charge in [0.05, 0.1) is 19.1 Å². The van der Waals surface area contributed by atoms with E-state index >= 15 is 0 Å². The van der Waals surface area contributed by atoms with Crippen LogP contribution >= 0.6 is 0 Å². The van der Waals surface area contributed by atoms with E-state index in [1.54, 1.807) is 56.0 Å². The summed E-state index contributed by atoms with van der Waals surface area (Å²) in [6, 6.07) is 12.3. The second kappa shape index (κ2) is 17.3. The molecule has 0 spiro atoms. The fourth-order valence-electron chi connectivity index (χ4n) is 8.05. The summed E-state index contributed by atoms with van der Waals surface area (Å²) in [7, 11) is -3.13. The lowest BCUT2D eigenvalue weighted by Gasteiger charge is -2.39. The molecule has 60 heavy (non-hydrogen) atoms. The second-order valence-corrected chi connectivity index (χ2v) is 19.8. The topological polar surface area (TPSA) is 184 Å². The fraction of sp³-hybridized carbons (Fsp3) is 0.523. The van der Waals surface area contributed by atoms with Gasteiger partial charge in [-0.15, -0.1) is 6.58 Å². The summed E-state index contributed by atoms with van der Waals surface area (Å²) < 4.78 is 41.5. The third-order valence-electron chi connectivity index (χ3n) is 11.7. The molecular formula is C44H56N6O9S. The van der Waals surface area contributed by atoms with E-state index in [1.165, 1.54) is 18.0 Å². The first-order valence-electron chi connectivity index (χ1n) is 20.3. The molecule has 3 aliphatic heterocycles. The maximum absolute atomic E-state index is 14.7. The van der Waals surface area contributed by atoms with Crippen molar-refractivity contribution in [1.29, 1.82) is 0 Å². The number of benzene rings is 2. The minimum absolute atomic E-state index is 0.0441. The Kier molecular flexibility index (Phi) is 12.7. The number of amides is 5. The van der Waals surface area contributed by atoms with Crippen LogP contribution in [0.5, 0.6) is 0 Å². The van der Waals surface area contributed by atoms with Gasteiger partial charge in [0, 0.05) is 33.1 Å². The highest BCUT2D eigenvalue weighted by Gasteiger charge is 2.54. The van der Waals surface area contributed by atoms with Gasteiger partial charge >= 0.3 is 22.4 Å². The number of carbonyl (C=O) groups is 5. The smallest absolute Gasteiger partial charge is 0.410 e. The molecule has 5 atom stereocenters. The molecule has 1 aliphatic carbocycles. The number of ether oxygens (including phenoxy) is 2. The van der Waals surface area contributed by atoms with Gasteiger partial charge in [-0.1, -0.05) is 107 Å². The first-order valence-corrected chi connectivity index (χ1v) is 21.8. The first kappa shape index (κ1) is 44.2. The summed E-state index contributed by atoms with van der Waals surface area (Å²) in [5, 5.41) is 5.39. The Labute approximate surface area is 352 Å². The zero-order valence-electron chi connectivity index (χ0n) is 35.2. The van der Waals surface area contributed by atoms with Crippen LogP contribution in [0.3, 0.4) is 0 Å². The first-order chi connectivity index (χ1) is 28.2. The van der Waals surface area contributed by atoms with E-state index in [9.17, 15) is 32.4 Å². The number of fused-ring (bicyclic) bond motifs is 3. The molecule has 0 saturated carbocycles. The number of rotatable bonds is 8. The minimum Gasteiger partial charge on any atom is -0.449 e. The molecule has 0 unspecified atom stereocenters. The van der Waals surface area contributed by atoms with Gasteiger partial charge in [0.2, 0.25) is 11.8 Å². The molecule has 5 amide bonds. The summed E-state index contributed by atoms with van der Waals surface area (Å²) in [6.07, 6.45) is 2.19. The number of hydrogen-bond donors (Lipinski definition) is 3. The Balaban J connectivity index is 1.28. The van der Waals surface area contributed by atoms with Crippen molar-refractivity contribution in [2.45, 2.75) is 110 Å². The number of nitrogens with zero attached hydrogens (tertiary/aromatic N) is 3. The van der Waals surface area contributed by atoms with E-state index in [2.05, 4.69) is 39.8 Å². The summed E-state index contributed by atoms with van der Waals surface area (Å²) in [4.78, 5) is 73.1. The lowest BCUT2D eigenvalue weighted by Crippen LogP contribution is -2.68. The molecule has 2 aromatic carbocycles. The van der Waals surface area contributed by atoms with Crippen molar-refractivity contribution in [3.63, 3.8) is 0 Å². The van der Waals surface area contributed by atoms with Crippen LogP contribution in [0.25, 0.3) is 0 Å². The molecule has 1 saturated heterocycles. The zero-order chi connectivity index (χ0) is 43.6. The van der Waals surface area contributed by atoms with Crippen molar-refractivity contribution >= 4 is 40.1 Å². The van der Waals surface area contributed by atoms with Crippen LogP contribution in [0.15, 0.2) is 61.2 Å². The van der Waals surface area contributed by atoms with Crippen LogP contribution in [-0.4, -0.2) is 96.4 Å². The molecule has 0 aromatic heterocycles. The predicted octanol–water partition coefficient (Wildman–Crippen LogP) is 4.17. The molecule has 4 bridgehead atoms. The third kappa shape index (κ3) is 9.63. The van der Waals surface area contributed by atoms with E-state index in [4.69, 9.17) is 9.47 Å². The molecule has 1 fully saturated rings. The Morgan fingerprint density at radius 3 is 2.43 bits per heavy atom. The number of hydrogen-bond acceptors (Lipinski definition) is 9.